The van der Waals surface area contributed by atoms with Gasteiger partial charge in [0.2, 0.25) is 5.43 Å². The molecule has 0 amide bonds. The van der Waals surface area contributed by atoms with Crippen LogP contribution in [0, 0.1) is 23.6 Å². The van der Waals surface area contributed by atoms with Crippen LogP contribution in [0.1, 0.15) is 42.6 Å². The molecule has 2 unspecified atom stereocenters. The number of hydrogen-bond donors (Lipinski definition) is 2. The highest BCUT2D eigenvalue weighted by atomic mass is 19.1. The van der Waals surface area contributed by atoms with Gasteiger partial charge in [-0.3, -0.25) is 9.59 Å². The second-order valence-electron chi connectivity index (χ2n) is 9.13. The van der Waals surface area contributed by atoms with E-state index in [0.717, 1.165) is 25.3 Å². The van der Waals surface area contributed by atoms with Crippen molar-refractivity contribution in [2.75, 3.05) is 24.6 Å². The van der Waals surface area contributed by atoms with Gasteiger partial charge in [-0.05, 0) is 50.2 Å². The van der Waals surface area contributed by atoms with Gasteiger partial charge >= 0.3 is 11.9 Å². The molecule has 0 bridgehead atoms. The van der Waals surface area contributed by atoms with Crippen molar-refractivity contribution >= 4 is 28.5 Å². The third kappa shape index (κ3) is 3.44. The number of nitrogens with two attached hydrogens (primary N) is 1. The predicted molar refractivity (Wildman–Crippen MR) is 115 cm³/mol. The van der Waals surface area contributed by atoms with E-state index in [1.54, 1.807) is 17.6 Å². The van der Waals surface area contributed by atoms with Crippen LogP contribution in [0.5, 0.6) is 0 Å². The lowest BCUT2D eigenvalue weighted by atomic mass is 9.97. The van der Waals surface area contributed by atoms with Crippen LogP contribution in [-0.4, -0.2) is 47.4 Å². The summed E-state index contributed by atoms with van der Waals surface area (Å²) in [6.07, 6.45) is 3.89. The first-order valence-electron chi connectivity index (χ1n) is 11.1. The van der Waals surface area contributed by atoms with E-state index in [2.05, 4.69) is 0 Å². The molecule has 8 nitrogen and oxygen atoms in total. The first kappa shape index (κ1) is 20.9. The fourth-order valence-corrected chi connectivity index (χ4v) is 5.12. The number of esters is 1. The summed E-state index contributed by atoms with van der Waals surface area (Å²) in [7, 11) is 0. The number of carbonyl (C=O) groups excluding carboxylic acids is 1. The number of pyridine rings is 1. The van der Waals surface area contributed by atoms with Crippen molar-refractivity contribution in [3.63, 3.8) is 0 Å². The highest BCUT2D eigenvalue weighted by Gasteiger charge is 2.52. The molecule has 1 aromatic carbocycles. The van der Waals surface area contributed by atoms with Crippen molar-refractivity contribution in [3.05, 3.63) is 39.9 Å². The number of aromatic nitrogens is 1. The summed E-state index contributed by atoms with van der Waals surface area (Å²) in [6, 6.07) is 2.70. The van der Waals surface area contributed by atoms with Crippen LogP contribution in [0.4, 0.5) is 10.1 Å². The molecule has 2 aromatic rings. The summed E-state index contributed by atoms with van der Waals surface area (Å²) in [4.78, 5) is 38.1. The molecular formula is C23H26FN3O5. The van der Waals surface area contributed by atoms with Gasteiger partial charge < -0.3 is 25.0 Å². The van der Waals surface area contributed by atoms with Crippen molar-refractivity contribution in [2.24, 2.45) is 23.5 Å². The third-order valence-electron chi connectivity index (χ3n) is 7.00. The van der Waals surface area contributed by atoms with Gasteiger partial charge in [0.1, 0.15) is 11.4 Å². The Morgan fingerprint density at radius 3 is 2.66 bits per heavy atom. The first-order valence-corrected chi connectivity index (χ1v) is 11.1. The average Bonchev–Trinajstić information content (AvgIpc) is 3.66. The van der Waals surface area contributed by atoms with E-state index in [4.69, 9.17) is 10.5 Å². The number of carboxylic acid groups (broad SMARTS) is 1. The molecule has 4 atom stereocenters. The van der Waals surface area contributed by atoms with Crippen molar-refractivity contribution in [1.82, 2.24) is 4.57 Å². The minimum absolute atomic E-state index is 0.0551. The number of carboxylic acids is 1. The molecule has 3 fully saturated rings. The Morgan fingerprint density at radius 1 is 1.25 bits per heavy atom. The van der Waals surface area contributed by atoms with Crippen molar-refractivity contribution < 1.29 is 23.8 Å². The average molecular weight is 443 g/mol. The minimum atomic E-state index is -1.32. The standard InChI is InChI=1S/C23H26FN3O5/c1-2-32-23(31)13-5-12(13)15-8-26(10-18(15)25)20-7-19-14(6-17(20)24)21(28)16(22(29)30)9-27(19)11-3-4-11/h6-7,9,11-13,15,18H,2-5,8,10,25H2,1H3,(H,29,30)/t12?,13?,15-,18+/m0/s1. The highest BCUT2D eigenvalue weighted by Crippen LogP contribution is 2.48. The summed E-state index contributed by atoms with van der Waals surface area (Å²) in [5, 5.41) is 9.47. The molecule has 2 heterocycles. The van der Waals surface area contributed by atoms with Gasteiger partial charge in [-0.2, -0.15) is 0 Å². The second kappa shape index (κ2) is 7.58. The van der Waals surface area contributed by atoms with E-state index in [1.165, 1.54) is 6.20 Å². The first-order chi connectivity index (χ1) is 15.3. The fourth-order valence-electron chi connectivity index (χ4n) is 5.12. The summed E-state index contributed by atoms with van der Waals surface area (Å²) >= 11 is 0. The molecule has 0 spiro atoms. The number of anilines is 1. The zero-order chi connectivity index (χ0) is 22.7. The third-order valence-corrected chi connectivity index (χ3v) is 7.00. The van der Waals surface area contributed by atoms with Gasteiger partial charge in [0, 0.05) is 36.8 Å². The van der Waals surface area contributed by atoms with Crippen LogP contribution < -0.4 is 16.1 Å². The van der Waals surface area contributed by atoms with E-state index in [0.29, 0.717) is 30.9 Å². The molecule has 3 aliphatic rings. The molecule has 1 saturated heterocycles. The fraction of sp³-hybridized carbons (Fsp3) is 0.522. The van der Waals surface area contributed by atoms with Gasteiger partial charge in [0.15, 0.2) is 0 Å². The Balaban J connectivity index is 1.48. The van der Waals surface area contributed by atoms with E-state index < -0.39 is 17.2 Å². The SMILES string of the molecule is CCOC(=O)C1CC1[C@@H]1CN(c2cc3c(cc2F)c(=O)c(C(=O)O)cn3C2CC2)C[C@H]1N. The van der Waals surface area contributed by atoms with Crippen molar-refractivity contribution in [2.45, 2.75) is 38.3 Å². The lowest BCUT2D eigenvalue weighted by Crippen LogP contribution is -2.31. The molecule has 5 rings (SSSR count). The predicted octanol–water partition coefficient (Wildman–Crippen LogP) is 2.14. The molecule has 1 aromatic heterocycles. The van der Waals surface area contributed by atoms with Crippen LogP contribution in [0.3, 0.4) is 0 Å². The van der Waals surface area contributed by atoms with Crippen LogP contribution in [0.25, 0.3) is 10.9 Å². The molecule has 2 aliphatic carbocycles. The molecule has 2 saturated carbocycles. The summed E-state index contributed by atoms with van der Waals surface area (Å²) in [5.41, 5.74) is 6.23. The largest absolute Gasteiger partial charge is 0.477 e. The number of benzene rings is 1. The van der Waals surface area contributed by atoms with Crippen LogP contribution in [0.15, 0.2) is 23.1 Å². The van der Waals surface area contributed by atoms with Crippen LogP contribution in [-0.2, 0) is 9.53 Å². The molecule has 0 radical (unpaired) electrons. The minimum Gasteiger partial charge on any atom is -0.477 e. The van der Waals surface area contributed by atoms with Gasteiger partial charge in [-0.25, -0.2) is 9.18 Å². The lowest BCUT2D eigenvalue weighted by Gasteiger charge is -2.21. The van der Waals surface area contributed by atoms with Gasteiger partial charge in [0.25, 0.3) is 0 Å². The molecular weight excluding hydrogens is 417 g/mol. The van der Waals surface area contributed by atoms with Crippen LogP contribution >= 0.6 is 0 Å². The maximum Gasteiger partial charge on any atom is 0.341 e. The monoisotopic (exact) mass is 443 g/mol. The van der Waals surface area contributed by atoms with Crippen molar-refractivity contribution in [1.29, 1.82) is 0 Å². The molecule has 3 N–H and O–H groups in total. The summed E-state index contributed by atoms with van der Waals surface area (Å²) in [6.45, 7) is 3.09. The number of ether oxygens (including phenoxy) is 1. The van der Waals surface area contributed by atoms with Gasteiger partial charge in [0.05, 0.1) is 23.7 Å². The Bertz CT molecular complexity index is 1170. The Morgan fingerprint density at radius 2 is 2.00 bits per heavy atom. The van der Waals surface area contributed by atoms with E-state index in [9.17, 15) is 19.5 Å². The molecule has 1 aliphatic heterocycles. The number of hydrogen-bond acceptors (Lipinski definition) is 6. The second-order valence-corrected chi connectivity index (χ2v) is 9.13. The summed E-state index contributed by atoms with van der Waals surface area (Å²) < 4.78 is 22.1. The smallest absolute Gasteiger partial charge is 0.341 e. The zero-order valence-corrected chi connectivity index (χ0v) is 17.8. The Kier molecular flexibility index (Phi) is 4.96. The number of aromatic carboxylic acids is 1. The topological polar surface area (TPSA) is 115 Å². The number of halogens is 1. The number of rotatable bonds is 6. The summed E-state index contributed by atoms with van der Waals surface area (Å²) in [5.74, 6) is -2.03. The number of fused-ring (bicyclic) bond motifs is 1. The maximum atomic E-state index is 15.2. The van der Waals surface area contributed by atoms with E-state index in [-0.39, 0.29) is 46.8 Å². The highest BCUT2D eigenvalue weighted by molar-refractivity contribution is 5.93. The van der Waals surface area contributed by atoms with Gasteiger partial charge in [-0.15, -0.1) is 0 Å². The Labute approximate surface area is 183 Å². The van der Waals surface area contributed by atoms with E-state index in [1.807, 2.05) is 4.90 Å². The quantitative estimate of drug-likeness (QED) is 0.658. The lowest BCUT2D eigenvalue weighted by molar-refractivity contribution is -0.145. The molecule has 170 valence electrons. The van der Waals surface area contributed by atoms with Gasteiger partial charge in [-0.1, -0.05) is 0 Å². The Hall–Kier alpha value is -2.94. The number of carbonyl (C=O) groups is 2. The van der Waals surface area contributed by atoms with Crippen molar-refractivity contribution in [3.8, 4) is 0 Å². The van der Waals surface area contributed by atoms with Crippen LogP contribution in [0.2, 0.25) is 0 Å². The zero-order valence-electron chi connectivity index (χ0n) is 17.8. The normalized spacial score (nSPS) is 27.0. The van der Waals surface area contributed by atoms with E-state index >= 15 is 4.39 Å². The molecule has 9 heteroatoms. The maximum absolute atomic E-state index is 15.2. The molecule has 32 heavy (non-hydrogen) atoms. The number of nitrogens with zero attached hydrogens (tertiary/aromatic N) is 2.